The molecule has 0 spiro atoms. The van der Waals surface area contributed by atoms with E-state index in [1.54, 1.807) is 24.3 Å². The fourth-order valence-electron chi connectivity index (χ4n) is 9.74. The van der Waals surface area contributed by atoms with Gasteiger partial charge in [0.15, 0.2) is 0 Å². The summed E-state index contributed by atoms with van der Waals surface area (Å²) in [5.74, 6) is 1.09. The van der Waals surface area contributed by atoms with Crippen molar-refractivity contribution in [3.05, 3.63) is 227 Å². The summed E-state index contributed by atoms with van der Waals surface area (Å²) in [7, 11) is 0. The van der Waals surface area contributed by atoms with Crippen molar-refractivity contribution in [1.29, 1.82) is 0 Å². The van der Waals surface area contributed by atoms with Crippen molar-refractivity contribution in [2.45, 2.75) is 131 Å². The molecule has 0 aliphatic carbocycles. The minimum atomic E-state index is -0.408. The molecular weight excluding hydrogens is 1050 g/mol. The predicted octanol–water partition coefficient (Wildman–Crippen LogP) is 17.5. The van der Waals surface area contributed by atoms with Crippen LogP contribution in [0.15, 0.2) is 182 Å². The molecule has 4 N–H and O–H groups in total. The van der Waals surface area contributed by atoms with Gasteiger partial charge in [-0.1, -0.05) is 189 Å². The van der Waals surface area contributed by atoms with E-state index in [9.17, 15) is 10.2 Å². The van der Waals surface area contributed by atoms with E-state index in [4.69, 9.17) is 9.97 Å². The number of para-hydroxylation sites is 4. The monoisotopic (exact) mass is 1130 g/mol. The molecule has 0 bridgehead atoms. The second-order valence-corrected chi connectivity index (χ2v) is 21.2. The van der Waals surface area contributed by atoms with E-state index < -0.39 is 11.5 Å². The fraction of sp³-hybridized carbons (Fsp3) is 0.294. The van der Waals surface area contributed by atoms with Gasteiger partial charge in [0.25, 0.3) is 0 Å². The van der Waals surface area contributed by atoms with Crippen molar-refractivity contribution in [3.63, 3.8) is 0 Å². The first-order valence-electron chi connectivity index (χ1n) is 27.1. The number of nitrogens with one attached hydrogen (secondary N) is 4. The van der Waals surface area contributed by atoms with Crippen LogP contribution in [0.25, 0.3) is 21.5 Å². The molecule has 0 aliphatic heterocycles. The minimum Gasteiger partial charge on any atom is -0.872 e. The Morgan fingerprint density at radius 1 is 0.269 bits per heavy atom. The standard InChI is InChI=1S/2C27H35N3.C14H10O2.2Co/c2*1-18(2)22-12-7-9-14-26(22)28-20(5)24-16-11-17-25(30-24)21(6)29-27-15-10-8-13-23(27)19(3)4;15-13-11-7-3-1-5-9(11)10-6-2-4-8-12(10)14(13)16;;/h2*7-21,28-29H,1-6H3;1-8,15-16H;;/q;;;2*+1/p-2. The third kappa shape index (κ3) is 15.7. The number of pyridine rings is 2. The number of aromatic nitrogens is 2. The molecule has 0 radical (unpaired) electrons. The quantitative estimate of drug-likeness (QED) is 0.0707. The summed E-state index contributed by atoms with van der Waals surface area (Å²) in [5.41, 5.74) is 14.3. The van der Waals surface area contributed by atoms with Crippen LogP contribution in [0.5, 0.6) is 11.5 Å². The molecule has 0 aliphatic rings. The summed E-state index contributed by atoms with van der Waals surface area (Å²) in [6, 6.07) is 61.7. The molecule has 0 saturated heterocycles. The van der Waals surface area contributed by atoms with E-state index in [1.165, 1.54) is 45.0 Å². The molecule has 10 heteroatoms. The second kappa shape index (κ2) is 29.2. The predicted molar refractivity (Wildman–Crippen MR) is 319 cm³/mol. The molecule has 4 atom stereocenters. The van der Waals surface area contributed by atoms with Gasteiger partial charge in [0.1, 0.15) is 0 Å². The first-order chi connectivity index (χ1) is 36.5. The Labute approximate surface area is 485 Å². The van der Waals surface area contributed by atoms with E-state index in [0.717, 1.165) is 33.5 Å². The average molecular weight is 1130 g/mol. The van der Waals surface area contributed by atoms with Gasteiger partial charge in [0.05, 0.1) is 46.9 Å². The van der Waals surface area contributed by atoms with E-state index in [1.807, 2.05) is 24.3 Å². The number of rotatable bonds is 16. The molecule has 9 rings (SSSR count). The first-order valence-corrected chi connectivity index (χ1v) is 27.1. The molecule has 2 heterocycles. The molecule has 8 nitrogen and oxygen atoms in total. The molecule has 0 amide bonds. The Balaban J connectivity index is 0.000000222. The van der Waals surface area contributed by atoms with Crippen LogP contribution in [0.4, 0.5) is 22.7 Å². The molecule has 4 unspecified atom stereocenters. The van der Waals surface area contributed by atoms with Gasteiger partial charge in [-0.15, -0.1) is 11.5 Å². The van der Waals surface area contributed by atoms with Gasteiger partial charge in [-0.25, -0.2) is 0 Å². The normalized spacial score (nSPS) is 12.5. The van der Waals surface area contributed by atoms with Crippen molar-refractivity contribution in [2.75, 3.05) is 21.3 Å². The number of anilines is 4. The third-order valence-electron chi connectivity index (χ3n) is 14.0. The summed E-state index contributed by atoms with van der Waals surface area (Å²) in [5, 5.41) is 41.0. The van der Waals surface area contributed by atoms with Crippen LogP contribution in [-0.2, 0) is 33.6 Å². The fourth-order valence-corrected chi connectivity index (χ4v) is 9.74. The average Bonchev–Trinajstić information content (AvgIpc) is 3.45. The topological polar surface area (TPSA) is 120 Å². The van der Waals surface area contributed by atoms with Crippen LogP contribution >= 0.6 is 0 Å². The van der Waals surface area contributed by atoms with E-state index in [-0.39, 0.29) is 57.7 Å². The first kappa shape index (κ1) is 62.0. The molecular formula is C68H78Co2N6O2. The molecule has 410 valence electrons. The Kier molecular flexibility index (Phi) is 23.2. The number of benzene rings is 7. The van der Waals surface area contributed by atoms with E-state index in [2.05, 4.69) is 238 Å². The van der Waals surface area contributed by atoms with E-state index >= 15 is 0 Å². The summed E-state index contributed by atoms with van der Waals surface area (Å²) < 4.78 is 0. The van der Waals surface area contributed by atoms with Crippen LogP contribution in [0.2, 0.25) is 0 Å². The zero-order valence-corrected chi connectivity index (χ0v) is 49.4. The van der Waals surface area contributed by atoms with Crippen LogP contribution in [0.3, 0.4) is 0 Å². The zero-order chi connectivity index (χ0) is 54.5. The SMILES string of the molecule is CC(C)c1ccccc1NC(C)c1cccc(C(C)Nc2ccccc2C(C)C)n1.CC(C)c1ccccc1NC(C)c1cccc(C(C)Nc2ccccc2C(C)C)n1.[Co+].[Co+].[O-]c1c([O-])c2ccccc2c2ccccc12. The van der Waals surface area contributed by atoms with Crippen LogP contribution in [0.1, 0.15) is 176 Å². The number of fused-ring (bicyclic) bond motifs is 3. The molecule has 9 aromatic rings. The van der Waals surface area contributed by atoms with Crippen molar-refractivity contribution >= 4 is 44.3 Å². The zero-order valence-electron chi connectivity index (χ0n) is 47.3. The summed E-state index contributed by atoms with van der Waals surface area (Å²) in [6.07, 6.45) is 0. The van der Waals surface area contributed by atoms with Crippen LogP contribution < -0.4 is 31.5 Å². The second-order valence-electron chi connectivity index (χ2n) is 21.2. The third-order valence-corrected chi connectivity index (χ3v) is 14.0. The summed E-state index contributed by atoms with van der Waals surface area (Å²) >= 11 is 0. The van der Waals surface area contributed by atoms with Gasteiger partial charge in [-0.05, 0) is 144 Å². The molecule has 7 aromatic carbocycles. The van der Waals surface area contributed by atoms with Crippen molar-refractivity contribution in [3.8, 4) is 11.5 Å². The number of nitrogens with zero attached hydrogens (tertiary/aromatic N) is 2. The molecule has 2 aromatic heterocycles. The van der Waals surface area contributed by atoms with Crippen LogP contribution in [-0.4, -0.2) is 9.97 Å². The van der Waals surface area contributed by atoms with Gasteiger partial charge >= 0.3 is 33.6 Å². The Morgan fingerprint density at radius 3 is 0.705 bits per heavy atom. The van der Waals surface area contributed by atoms with Gasteiger partial charge in [0.2, 0.25) is 0 Å². The molecule has 0 fully saturated rings. The number of hydrogen-bond acceptors (Lipinski definition) is 8. The van der Waals surface area contributed by atoms with Gasteiger partial charge in [0, 0.05) is 22.7 Å². The van der Waals surface area contributed by atoms with Crippen molar-refractivity contribution in [1.82, 2.24) is 9.97 Å². The van der Waals surface area contributed by atoms with Gasteiger partial charge < -0.3 is 31.5 Å². The Bertz CT molecular complexity index is 2950. The number of hydrogen-bond donors (Lipinski definition) is 4. The molecule has 0 saturated carbocycles. The van der Waals surface area contributed by atoms with Crippen LogP contribution in [0, 0.1) is 0 Å². The smallest absolute Gasteiger partial charge is 0.872 e. The van der Waals surface area contributed by atoms with E-state index in [0.29, 0.717) is 34.4 Å². The maximum absolute atomic E-state index is 11.8. The van der Waals surface area contributed by atoms with Gasteiger partial charge in [-0.2, -0.15) is 0 Å². The Morgan fingerprint density at radius 2 is 0.474 bits per heavy atom. The maximum atomic E-state index is 11.8. The summed E-state index contributed by atoms with van der Waals surface area (Å²) in [4.78, 5) is 9.98. The Hall–Kier alpha value is -6.83. The van der Waals surface area contributed by atoms with Crippen molar-refractivity contribution < 1.29 is 43.8 Å². The maximum Gasteiger partial charge on any atom is 1.00 e. The largest absolute Gasteiger partial charge is 1.00 e. The summed E-state index contributed by atoms with van der Waals surface area (Å²) in [6.45, 7) is 26.5. The van der Waals surface area contributed by atoms with Gasteiger partial charge in [-0.3, -0.25) is 9.97 Å². The molecule has 78 heavy (non-hydrogen) atoms. The minimum absolute atomic E-state index is 0. The van der Waals surface area contributed by atoms with Crippen molar-refractivity contribution in [2.24, 2.45) is 0 Å².